The van der Waals surface area contributed by atoms with Crippen LogP contribution in [0.3, 0.4) is 0 Å². The molecule has 2 heteroatoms. The molecule has 37 valence electrons. The quantitative estimate of drug-likeness (QED) is 0.442. The van der Waals surface area contributed by atoms with Gasteiger partial charge in [0.1, 0.15) is 8.07 Å². The minimum atomic E-state index is -1.10. The standard InChI is InChI=1S/C5H10Si.La/c1-5-6(2,3)4;/h1H,2-4H3;. The van der Waals surface area contributed by atoms with Crippen LogP contribution in [0.2, 0.25) is 19.6 Å². The second-order valence-corrected chi connectivity index (χ2v) is 7.18. The summed E-state index contributed by atoms with van der Waals surface area (Å²) in [5.74, 6) is 0. The minimum absolute atomic E-state index is 0. The van der Waals surface area contributed by atoms with Crippen molar-refractivity contribution in [3.8, 4) is 12.0 Å². The maximum Gasteiger partial charge on any atom is 0.128 e. The van der Waals surface area contributed by atoms with Crippen molar-refractivity contribution in [3.63, 3.8) is 0 Å². The Morgan fingerprint density at radius 2 is 1.43 bits per heavy atom. The van der Waals surface area contributed by atoms with Crippen LogP contribution in [0.4, 0.5) is 0 Å². The number of hydrogen-bond acceptors (Lipinski definition) is 0. The van der Waals surface area contributed by atoms with Gasteiger partial charge in [-0.3, -0.25) is 0 Å². The molecule has 0 heterocycles. The van der Waals surface area contributed by atoms with E-state index in [0.29, 0.717) is 0 Å². The zero-order valence-corrected chi connectivity index (χ0v) is 9.78. The van der Waals surface area contributed by atoms with Gasteiger partial charge in [0.15, 0.2) is 0 Å². The Labute approximate surface area is 74.7 Å². The molecule has 0 aromatic carbocycles. The van der Waals surface area contributed by atoms with Gasteiger partial charge in [0, 0.05) is 35.6 Å². The summed E-state index contributed by atoms with van der Waals surface area (Å²) in [6.07, 6.45) is 5.12. The smallest absolute Gasteiger partial charge is 0.128 e. The summed E-state index contributed by atoms with van der Waals surface area (Å²) < 4.78 is 0. The van der Waals surface area contributed by atoms with E-state index in [1.54, 1.807) is 0 Å². The number of hydrogen-bond donors (Lipinski definition) is 0. The van der Waals surface area contributed by atoms with Crippen molar-refractivity contribution in [2.75, 3.05) is 0 Å². The zero-order chi connectivity index (χ0) is 5.21. The Balaban J connectivity index is 0. The first-order valence-electron chi connectivity index (χ1n) is 2.04. The van der Waals surface area contributed by atoms with E-state index in [-0.39, 0.29) is 35.6 Å². The minimum Gasteiger partial charge on any atom is -0.135 e. The maximum absolute atomic E-state index is 5.12. The van der Waals surface area contributed by atoms with Gasteiger partial charge in [-0.1, -0.05) is 19.6 Å². The SMILES string of the molecule is C#C[Si](C)(C)C.[La]. The number of rotatable bonds is 0. The molecule has 0 aliphatic carbocycles. The third-order valence-corrected chi connectivity index (χ3v) is 1.30. The third-order valence-electron chi connectivity index (χ3n) is 0.433. The van der Waals surface area contributed by atoms with Gasteiger partial charge >= 0.3 is 0 Å². The van der Waals surface area contributed by atoms with E-state index >= 15 is 0 Å². The van der Waals surface area contributed by atoms with Crippen molar-refractivity contribution in [3.05, 3.63) is 0 Å². The van der Waals surface area contributed by atoms with Crippen molar-refractivity contribution >= 4 is 8.07 Å². The molecule has 0 atom stereocenters. The van der Waals surface area contributed by atoms with E-state index in [0.717, 1.165) is 0 Å². The topological polar surface area (TPSA) is 0 Å². The van der Waals surface area contributed by atoms with Gasteiger partial charge in [-0.15, -0.1) is 12.0 Å². The van der Waals surface area contributed by atoms with E-state index in [9.17, 15) is 0 Å². The second kappa shape index (κ2) is 3.91. The zero-order valence-electron chi connectivity index (χ0n) is 5.15. The van der Waals surface area contributed by atoms with Crippen molar-refractivity contribution in [2.24, 2.45) is 0 Å². The van der Waals surface area contributed by atoms with Crippen molar-refractivity contribution in [2.45, 2.75) is 19.6 Å². The number of terminal acetylenes is 1. The molecule has 0 unspecified atom stereocenters. The molecule has 0 N–H and O–H groups in total. The van der Waals surface area contributed by atoms with Gasteiger partial charge in [-0.25, -0.2) is 0 Å². The summed E-state index contributed by atoms with van der Waals surface area (Å²) in [7, 11) is -1.10. The molecule has 0 fully saturated rings. The molecule has 0 saturated heterocycles. The molecule has 0 rings (SSSR count). The Hall–Kier alpha value is 0.972. The molecule has 0 aromatic heterocycles. The van der Waals surface area contributed by atoms with E-state index < -0.39 is 8.07 Å². The maximum atomic E-state index is 5.12. The molecule has 1 radical (unpaired) electrons. The van der Waals surface area contributed by atoms with E-state index in [1.807, 2.05) is 0 Å². The molecule has 0 amide bonds. The normalized spacial score (nSPS) is 8.86. The fourth-order valence-corrected chi connectivity index (χ4v) is 0. The van der Waals surface area contributed by atoms with Gasteiger partial charge in [-0.05, 0) is 0 Å². The van der Waals surface area contributed by atoms with Gasteiger partial charge in [0.25, 0.3) is 0 Å². The van der Waals surface area contributed by atoms with Crippen LogP contribution in [-0.4, -0.2) is 8.07 Å². The molecule has 0 aliphatic heterocycles. The van der Waals surface area contributed by atoms with E-state index in [4.69, 9.17) is 6.42 Å². The second-order valence-electron chi connectivity index (χ2n) is 2.39. The van der Waals surface area contributed by atoms with Crippen LogP contribution in [0.1, 0.15) is 0 Å². The summed E-state index contributed by atoms with van der Waals surface area (Å²) in [4.78, 5) is 0. The molecule has 0 nitrogen and oxygen atoms in total. The van der Waals surface area contributed by atoms with Crippen molar-refractivity contribution in [1.29, 1.82) is 0 Å². The Kier molecular flexibility index (Phi) is 6.07. The van der Waals surface area contributed by atoms with Gasteiger partial charge in [-0.2, -0.15) is 0 Å². The predicted molar refractivity (Wildman–Crippen MR) is 32.2 cm³/mol. The molecule has 0 spiro atoms. The van der Waals surface area contributed by atoms with Crippen LogP contribution >= 0.6 is 0 Å². The molecular formula is C5H10LaSi. The summed E-state index contributed by atoms with van der Waals surface area (Å²) in [5.41, 5.74) is 2.74. The van der Waals surface area contributed by atoms with Crippen molar-refractivity contribution < 1.29 is 35.6 Å². The average Bonchev–Trinajstić information content (AvgIpc) is 1.35. The Morgan fingerprint density at radius 3 is 1.43 bits per heavy atom. The predicted octanol–water partition coefficient (Wildman–Crippen LogP) is 1.50. The third kappa shape index (κ3) is 10.9. The van der Waals surface area contributed by atoms with Crippen LogP contribution < -0.4 is 0 Å². The van der Waals surface area contributed by atoms with Crippen LogP contribution in [0.5, 0.6) is 0 Å². The van der Waals surface area contributed by atoms with Crippen molar-refractivity contribution in [1.82, 2.24) is 0 Å². The van der Waals surface area contributed by atoms with Crippen LogP contribution in [0.15, 0.2) is 0 Å². The average molecular weight is 237 g/mol. The van der Waals surface area contributed by atoms with Crippen LogP contribution in [0.25, 0.3) is 0 Å². The van der Waals surface area contributed by atoms with Crippen LogP contribution in [-0.2, 0) is 0 Å². The fourth-order valence-electron chi connectivity index (χ4n) is 0. The van der Waals surface area contributed by atoms with Gasteiger partial charge in [0.2, 0.25) is 0 Å². The first kappa shape index (κ1) is 10.9. The molecule has 0 aliphatic rings. The molecule has 0 bridgehead atoms. The Bertz CT molecular complexity index is 75.1. The van der Waals surface area contributed by atoms with Gasteiger partial charge < -0.3 is 0 Å². The Morgan fingerprint density at radius 1 is 1.29 bits per heavy atom. The summed E-state index contributed by atoms with van der Waals surface area (Å²) >= 11 is 0. The van der Waals surface area contributed by atoms with E-state index in [1.165, 1.54) is 0 Å². The molecular weight excluding hydrogens is 227 g/mol. The monoisotopic (exact) mass is 237 g/mol. The van der Waals surface area contributed by atoms with Crippen LogP contribution in [0, 0.1) is 47.6 Å². The first-order chi connectivity index (χ1) is 2.56. The fraction of sp³-hybridized carbons (Fsp3) is 0.600. The summed E-state index contributed by atoms with van der Waals surface area (Å²) in [6.45, 7) is 6.44. The summed E-state index contributed by atoms with van der Waals surface area (Å²) in [6, 6.07) is 0. The molecule has 0 aromatic rings. The van der Waals surface area contributed by atoms with E-state index in [2.05, 4.69) is 25.2 Å². The molecule has 7 heavy (non-hydrogen) atoms. The summed E-state index contributed by atoms with van der Waals surface area (Å²) in [5, 5.41) is 0. The first-order valence-corrected chi connectivity index (χ1v) is 5.54. The van der Waals surface area contributed by atoms with Gasteiger partial charge in [0.05, 0.1) is 0 Å². The molecule has 0 saturated carbocycles. The largest absolute Gasteiger partial charge is 0.135 e.